The molecule has 0 fully saturated rings. The van der Waals surface area contributed by atoms with Gasteiger partial charge in [0.2, 0.25) is 6.79 Å². The molecule has 2 aromatic rings. The number of hydrogen-bond donors (Lipinski definition) is 1. The zero-order valence-electron chi connectivity index (χ0n) is 14.6. The van der Waals surface area contributed by atoms with Gasteiger partial charge in [0.15, 0.2) is 18.1 Å². The molecule has 0 radical (unpaired) electrons. The van der Waals surface area contributed by atoms with Gasteiger partial charge in [-0.2, -0.15) is 0 Å². The number of fused-ring (bicyclic) bond motifs is 1. The van der Waals surface area contributed by atoms with E-state index in [0.29, 0.717) is 24.0 Å². The minimum atomic E-state index is -0.163. The Balaban J connectivity index is 1.45. The summed E-state index contributed by atoms with van der Waals surface area (Å²) in [6, 6.07) is 13.5. The maximum absolute atomic E-state index is 12.0. The molecule has 0 spiro atoms. The molecule has 1 N–H and O–H groups in total. The largest absolute Gasteiger partial charge is 0.484 e. The lowest BCUT2D eigenvalue weighted by atomic mass is 9.99. The number of hydrogen-bond acceptors (Lipinski definition) is 4. The number of amides is 1. The van der Waals surface area contributed by atoms with E-state index < -0.39 is 0 Å². The Kier molecular flexibility index (Phi) is 5.43. The molecule has 5 heteroatoms. The second-order valence-corrected chi connectivity index (χ2v) is 6.13. The van der Waals surface area contributed by atoms with E-state index in [-0.39, 0.29) is 19.3 Å². The number of carbonyl (C=O) groups is 1. The molecule has 0 aromatic heterocycles. The van der Waals surface area contributed by atoms with Gasteiger partial charge in [-0.25, -0.2) is 0 Å². The van der Waals surface area contributed by atoms with Crippen molar-refractivity contribution >= 4 is 5.91 Å². The van der Waals surface area contributed by atoms with Crippen LogP contribution in [-0.4, -0.2) is 19.3 Å². The minimum Gasteiger partial charge on any atom is -0.484 e. The van der Waals surface area contributed by atoms with Crippen LogP contribution in [0.15, 0.2) is 42.5 Å². The molecule has 0 bridgehead atoms. The zero-order valence-corrected chi connectivity index (χ0v) is 14.6. The summed E-state index contributed by atoms with van der Waals surface area (Å²) in [7, 11) is 0. The van der Waals surface area contributed by atoms with Crippen LogP contribution in [0.25, 0.3) is 0 Å². The van der Waals surface area contributed by atoms with E-state index in [1.807, 2.05) is 42.5 Å². The van der Waals surface area contributed by atoms with Gasteiger partial charge < -0.3 is 19.5 Å². The van der Waals surface area contributed by atoms with Gasteiger partial charge in [0.05, 0.1) is 0 Å². The number of carbonyl (C=O) groups excluding carboxylic acids is 1. The van der Waals surface area contributed by atoms with Crippen molar-refractivity contribution in [2.75, 3.05) is 13.4 Å². The third-order valence-corrected chi connectivity index (χ3v) is 4.36. The summed E-state index contributed by atoms with van der Waals surface area (Å²) < 4.78 is 16.1. The van der Waals surface area contributed by atoms with E-state index in [1.54, 1.807) is 0 Å². The molecule has 132 valence electrons. The maximum Gasteiger partial charge on any atom is 0.258 e. The molecular weight excluding hydrogens is 318 g/mol. The van der Waals surface area contributed by atoms with Crippen molar-refractivity contribution in [1.29, 1.82) is 0 Å². The fourth-order valence-electron chi connectivity index (χ4n) is 2.58. The fraction of sp³-hybridized carbons (Fsp3) is 0.350. The fourth-order valence-corrected chi connectivity index (χ4v) is 2.58. The lowest BCUT2D eigenvalue weighted by molar-refractivity contribution is -0.123. The second-order valence-electron chi connectivity index (χ2n) is 6.13. The molecule has 2 aromatic carbocycles. The maximum atomic E-state index is 12.0. The highest BCUT2D eigenvalue weighted by Gasteiger charge is 2.13. The van der Waals surface area contributed by atoms with Crippen LogP contribution >= 0.6 is 0 Å². The van der Waals surface area contributed by atoms with Crippen LogP contribution < -0.4 is 19.5 Å². The molecule has 1 aliphatic heterocycles. The predicted molar refractivity (Wildman–Crippen MR) is 95.1 cm³/mol. The lowest BCUT2D eigenvalue weighted by Crippen LogP contribution is -2.28. The third-order valence-electron chi connectivity index (χ3n) is 4.36. The first-order valence-electron chi connectivity index (χ1n) is 8.53. The Bertz CT molecular complexity index is 727. The summed E-state index contributed by atoms with van der Waals surface area (Å²) in [5.74, 6) is 2.51. The summed E-state index contributed by atoms with van der Waals surface area (Å²) in [6.45, 7) is 5.02. The summed E-state index contributed by atoms with van der Waals surface area (Å²) >= 11 is 0. The number of benzene rings is 2. The quantitative estimate of drug-likeness (QED) is 0.836. The van der Waals surface area contributed by atoms with E-state index in [4.69, 9.17) is 14.2 Å². The van der Waals surface area contributed by atoms with Crippen molar-refractivity contribution in [2.45, 2.75) is 32.7 Å². The predicted octanol–water partition coefficient (Wildman–Crippen LogP) is 3.62. The van der Waals surface area contributed by atoms with Gasteiger partial charge in [0.1, 0.15) is 5.75 Å². The molecule has 5 nitrogen and oxygen atoms in total. The van der Waals surface area contributed by atoms with Gasteiger partial charge in [-0.15, -0.1) is 0 Å². The van der Waals surface area contributed by atoms with Gasteiger partial charge >= 0.3 is 0 Å². The Morgan fingerprint density at radius 1 is 1.16 bits per heavy atom. The van der Waals surface area contributed by atoms with Gasteiger partial charge in [-0.1, -0.05) is 32.0 Å². The first kappa shape index (κ1) is 17.1. The lowest BCUT2D eigenvalue weighted by Gasteiger charge is -2.11. The van der Waals surface area contributed by atoms with Crippen LogP contribution in [0.1, 0.15) is 37.3 Å². The molecule has 1 unspecified atom stereocenters. The highest BCUT2D eigenvalue weighted by atomic mass is 16.7. The van der Waals surface area contributed by atoms with Gasteiger partial charge in [0, 0.05) is 6.54 Å². The molecule has 1 heterocycles. The number of ether oxygens (including phenoxy) is 3. The highest BCUT2D eigenvalue weighted by molar-refractivity contribution is 5.77. The topological polar surface area (TPSA) is 56.8 Å². The average Bonchev–Trinajstić information content (AvgIpc) is 3.12. The van der Waals surface area contributed by atoms with Gasteiger partial charge in [0.25, 0.3) is 5.91 Å². The van der Waals surface area contributed by atoms with Gasteiger partial charge in [-0.3, -0.25) is 4.79 Å². The zero-order chi connectivity index (χ0) is 17.6. The van der Waals surface area contributed by atoms with Crippen molar-refractivity contribution in [2.24, 2.45) is 0 Å². The molecule has 25 heavy (non-hydrogen) atoms. The first-order valence-corrected chi connectivity index (χ1v) is 8.53. The summed E-state index contributed by atoms with van der Waals surface area (Å²) in [5.41, 5.74) is 2.23. The van der Waals surface area contributed by atoms with E-state index in [1.165, 1.54) is 5.56 Å². The Labute approximate surface area is 147 Å². The Morgan fingerprint density at radius 2 is 1.92 bits per heavy atom. The summed E-state index contributed by atoms with van der Waals surface area (Å²) in [6.07, 6.45) is 1.10. The van der Waals surface area contributed by atoms with Crippen LogP contribution in [0.2, 0.25) is 0 Å². The number of rotatable bonds is 7. The van der Waals surface area contributed by atoms with Crippen molar-refractivity contribution < 1.29 is 19.0 Å². The summed E-state index contributed by atoms with van der Waals surface area (Å²) in [5, 5.41) is 2.84. The molecule has 1 aliphatic rings. The molecule has 1 amide bonds. The van der Waals surface area contributed by atoms with E-state index in [9.17, 15) is 4.79 Å². The number of nitrogens with one attached hydrogen (secondary N) is 1. The molecule has 3 rings (SSSR count). The average molecular weight is 341 g/mol. The molecule has 0 saturated carbocycles. The highest BCUT2D eigenvalue weighted by Crippen LogP contribution is 2.32. The third kappa shape index (κ3) is 4.44. The smallest absolute Gasteiger partial charge is 0.258 e. The van der Waals surface area contributed by atoms with E-state index >= 15 is 0 Å². The minimum absolute atomic E-state index is 0.00672. The SMILES string of the molecule is CCC(C)c1ccc(OCC(=O)NCc2ccc3c(c2)OCO3)cc1. The van der Waals surface area contributed by atoms with E-state index in [2.05, 4.69) is 19.2 Å². The Morgan fingerprint density at radius 3 is 2.68 bits per heavy atom. The van der Waals surface area contributed by atoms with Crippen molar-refractivity contribution in [1.82, 2.24) is 5.32 Å². The van der Waals surface area contributed by atoms with Crippen molar-refractivity contribution in [3.05, 3.63) is 53.6 Å². The Hall–Kier alpha value is -2.69. The van der Waals surface area contributed by atoms with Crippen molar-refractivity contribution in [3.63, 3.8) is 0 Å². The van der Waals surface area contributed by atoms with E-state index in [0.717, 1.165) is 17.7 Å². The molecule has 1 atom stereocenters. The first-order chi connectivity index (χ1) is 12.2. The second kappa shape index (κ2) is 7.92. The normalized spacial score (nSPS) is 13.4. The van der Waals surface area contributed by atoms with Crippen LogP contribution in [0.4, 0.5) is 0 Å². The molecular formula is C20H23NO4. The van der Waals surface area contributed by atoms with Crippen LogP contribution in [0.5, 0.6) is 17.2 Å². The van der Waals surface area contributed by atoms with Crippen LogP contribution in [0.3, 0.4) is 0 Å². The standard InChI is InChI=1S/C20H23NO4/c1-3-14(2)16-5-7-17(8-6-16)23-12-20(22)21-11-15-4-9-18-19(10-15)25-13-24-18/h4-10,14H,3,11-13H2,1-2H3,(H,21,22). The molecule has 0 aliphatic carbocycles. The summed E-state index contributed by atoms with van der Waals surface area (Å²) in [4.78, 5) is 12.0. The van der Waals surface area contributed by atoms with Gasteiger partial charge in [-0.05, 0) is 47.7 Å². The monoisotopic (exact) mass is 341 g/mol. The van der Waals surface area contributed by atoms with Crippen LogP contribution in [0, 0.1) is 0 Å². The molecule has 0 saturated heterocycles. The van der Waals surface area contributed by atoms with Crippen molar-refractivity contribution in [3.8, 4) is 17.2 Å². The van der Waals surface area contributed by atoms with Crippen LogP contribution in [-0.2, 0) is 11.3 Å².